The van der Waals surface area contributed by atoms with E-state index in [1.807, 2.05) is 0 Å². The van der Waals surface area contributed by atoms with E-state index >= 15 is 0 Å². The van der Waals surface area contributed by atoms with E-state index in [4.69, 9.17) is 0 Å². The van der Waals surface area contributed by atoms with Gasteiger partial charge in [0.25, 0.3) is 0 Å². The molecule has 0 N–H and O–H groups in total. The molecule has 132 valence electrons. The van der Waals surface area contributed by atoms with Crippen molar-refractivity contribution >= 4 is 17.9 Å². The smallest absolute Gasteiger partial charge is 1.00 e. The zero-order chi connectivity index (χ0) is 15.5. The molecule has 0 saturated heterocycles. The van der Waals surface area contributed by atoms with Crippen LogP contribution in [0.25, 0.3) is 0 Å². The Morgan fingerprint density at radius 2 is 0.609 bits per heavy atom. The number of halogens is 3. The van der Waals surface area contributed by atoms with E-state index in [9.17, 15) is 29.7 Å². The zero-order valence-corrected chi connectivity index (χ0v) is 17.3. The van der Waals surface area contributed by atoms with Gasteiger partial charge >= 0.3 is 34.7 Å². The van der Waals surface area contributed by atoms with Crippen LogP contribution in [0, 0.1) is 0 Å². The van der Waals surface area contributed by atoms with Crippen LogP contribution < -0.4 is 52.5 Å². The number of rotatable bonds is 3. The third kappa shape index (κ3) is 61.7. The number of hydrogen-bond donors (Lipinski definition) is 0. The summed E-state index contributed by atoms with van der Waals surface area (Å²) in [7, 11) is 0. The first-order valence-corrected chi connectivity index (χ1v) is 4.54. The van der Waals surface area contributed by atoms with Crippen molar-refractivity contribution in [3.05, 3.63) is 36.5 Å². The summed E-state index contributed by atoms with van der Waals surface area (Å²) in [5.41, 5.74) is 0.194. The fourth-order valence-electron chi connectivity index (χ4n) is 0. The molecule has 2 radical (unpaired) electrons. The maximum Gasteiger partial charge on any atom is 3.00 e. The molecule has 0 atom stereocenters. The first-order chi connectivity index (χ1) is 7.93. The monoisotopic (exact) mass is 464 g/mol. The summed E-state index contributed by atoms with van der Waals surface area (Å²) >= 11 is 0. The standard InChI is InChI=1S/3C4H6O2.3ClH.2Cr/c3*1-3(2)4(5)6;;;;;/h3*1H2,2H3,(H,5,6);3*1H;;/q;;;;;;2*+3/p-6. The second-order valence-corrected chi connectivity index (χ2v) is 3.20. The van der Waals surface area contributed by atoms with Crippen LogP contribution in [0.1, 0.15) is 20.8 Å². The van der Waals surface area contributed by atoms with Crippen LogP contribution in [0.5, 0.6) is 0 Å². The Balaban J connectivity index is -0.0000000221. The molecule has 0 aliphatic carbocycles. The summed E-state index contributed by atoms with van der Waals surface area (Å²) < 4.78 is 0. The number of carboxylic acid groups (broad SMARTS) is 3. The van der Waals surface area contributed by atoms with Crippen molar-refractivity contribution in [3.8, 4) is 0 Å². The topological polar surface area (TPSA) is 120 Å². The molecule has 0 rings (SSSR count). The van der Waals surface area contributed by atoms with Gasteiger partial charge in [-0.25, -0.2) is 0 Å². The Labute approximate surface area is 176 Å². The average molecular weight is 466 g/mol. The van der Waals surface area contributed by atoms with Crippen LogP contribution in [0.2, 0.25) is 0 Å². The molecule has 11 heteroatoms. The molecule has 0 aromatic rings. The molecule has 6 nitrogen and oxygen atoms in total. The van der Waals surface area contributed by atoms with Crippen molar-refractivity contribution < 1.29 is 102 Å². The van der Waals surface area contributed by atoms with Gasteiger partial charge in [-0.3, -0.25) is 0 Å². The molecule has 0 fully saturated rings. The maximum atomic E-state index is 9.49. The molecule has 0 aromatic carbocycles. The fraction of sp³-hybridized carbons (Fsp3) is 0.250. The molecule has 0 aromatic heterocycles. The van der Waals surface area contributed by atoms with E-state index in [0.717, 1.165) is 0 Å². The summed E-state index contributed by atoms with van der Waals surface area (Å²) in [6, 6.07) is 0. The molecule has 0 heterocycles. The SMILES string of the molecule is C=C(C)C(=O)[O-].C=C(C)C(=O)[O-].C=C(C)C(=O)[O-].[Cl-].[Cl-].[Cl-].[Cr+3].[Cr+3]. The first kappa shape index (κ1) is 49.5. The van der Waals surface area contributed by atoms with Crippen LogP contribution in [0.15, 0.2) is 36.5 Å². The maximum absolute atomic E-state index is 9.49. The van der Waals surface area contributed by atoms with Crippen LogP contribution in [0.3, 0.4) is 0 Å². The van der Waals surface area contributed by atoms with Gasteiger partial charge in [0.1, 0.15) is 0 Å². The molecule has 0 spiro atoms. The Morgan fingerprint density at radius 1 is 0.565 bits per heavy atom. The second kappa shape index (κ2) is 29.6. The predicted molar refractivity (Wildman–Crippen MR) is 59.5 cm³/mol. The van der Waals surface area contributed by atoms with Crippen LogP contribution in [-0.4, -0.2) is 17.9 Å². The van der Waals surface area contributed by atoms with Crippen LogP contribution in [-0.2, 0) is 49.1 Å². The summed E-state index contributed by atoms with van der Waals surface area (Å²) in [5.74, 6) is -3.56. The van der Waals surface area contributed by atoms with Gasteiger partial charge in [-0.15, -0.1) is 0 Å². The molecular weight excluding hydrogens is 450 g/mol. The normalized spacial score (nSPS) is 5.87. The summed E-state index contributed by atoms with van der Waals surface area (Å²) in [5, 5.41) is 28.5. The van der Waals surface area contributed by atoms with Crippen molar-refractivity contribution in [2.75, 3.05) is 0 Å². The van der Waals surface area contributed by atoms with Gasteiger partial charge in [0, 0.05) is 0 Å². The van der Waals surface area contributed by atoms with Crippen molar-refractivity contribution in [2.24, 2.45) is 0 Å². The number of hydrogen-bond acceptors (Lipinski definition) is 6. The summed E-state index contributed by atoms with van der Waals surface area (Å²) in [6.07, 6.45) is 0. The molecular formula is C12H15Cl3Cr2O6. The largest absolute Gasteiger partial charge is 3.00 e. The van der Waals surface area contributed by atoms with Crippen molar-refractivity contribution in [3.63, 3.8) is 0 Å². The van der Waals surface area contributed by atoms with Gasteiger partial charge in [-0.2, -0.15) is 0 Å². The number of carbonyl (C=O) groups is 3. The van der Waals surface area contributed by atoms with Gasteiger partial charge in [0.15, 0.2) is 0 Å². The van der Waals surface area contributed by atoms with Gasteiger partial charge in [0.2, 0.25) is 0 Å². The summed E-state index contributed by atoms with van der Waals surface area (Å²) in [6.45, 7) is 13.4. The number of carboxylic acids is 3. The van der Waals surface area contributed by atoms with E-state index < -0.39 is 17.9 Å². The molecule has 0 bridgehead atoms. The zero-order valence-electron chi connectivity index (χ0n) is 12.5. The minimum atomic E-state index is -1.19. The Bertz CT molecular complexity index is 294. The Morgan fingerprint density at radius 3 is 0.609 bits per heavy atom. The average Bonchev–Trinajstić information content (AvgIpc) is 2.18. The minimum Gasteiger partial charge on any atom is -1.00 e. The Hall–Kier alpha value is -0.435. The molecule has 23 heavy (non-hydrogen) atoms. The van der Waals surface area contributed by atoms with Crippen molar-refractivity contribution in [1.82, 2.24) is 0 Å². The molecule has 0 unspecified atom stereocenters. The van der Waals surface area contributed by atoms with E-state index in [0.29, 0.717) is 0 Å². The van der Waals surface area contributed by atoms with Crippen LogP contribution in [0.4, 0.5) is 0 Å². The van der Waals surface area contributed by atoms with E-state index in [1.165, 1.54) is 20.8 Å². The fourth-order valence-corrected chi connectivity index (χ4v) is 0. The predicted octanol–water partition coefficient (Wildman–Crippen LogP) is -11.1. The van der Waals surface area contributed by atoms with E-state index in [2.05, 4.69) is 19.7 Å². The van der Waals surface area contributed by atoms with E-state index in [-0.39, 0.29) is 88.7 Å². The third-order valence-electron chi connectivity index (χ3n) is 1.05. The number of carbonyl (C=O) groups excluding carboxylic acids is 3. The van der Waals surface area contributed by atoms with Crippen molar-refractivity contribution in [1.29, 1.82) is 0 Å². The molecule has 0 saturated carbocycles. The van der Waals surface area contributed by atoms with Gasteiger partial charge in [-0.1, -0.05) is 19.7 Å². The minimum absolute atomic E-state index is 0. The first-order valence-electron chi connectivity index (χ1n) is 4.54. The number of aliphatic carboxylic acids is 3. The molecule has 0 amide bonds. The molecule has 0 aliphatic rings. The van der Waals surface area contributed by atoms with Gasteiger partial charge < -0.3 is 66.9 Å². The van der Waals surface area contributed by atoms with E-state index in [1.54, 1.807) is 0 Å². The van der Waals surface area contributed by atoms with Gasteiger partial charge in [0.05, 0.1) is 17.9 Å². The Kier molecular flexibility index (Phi) is 63.6. The van der Waals surface area contributed by atoms with Crippen LogP contribution >= 0.6 is 0 Å². The summed E-state index contributed by atoms with van der Waals surface area (Å²) in [4.78, 5) is 28.5. The van der Waals surface area contributed by atoms with Gasteiger partial charge in [-0.05, 0) is 37.5 Å². The second-order valence-electron chi connectivity index (χ2n) is 3.20. The quantitative estimate of drug-likeness (QED) is 0.382. The molecule has 0 aliphatic heterocycles. The van der Waals surface area contributed by atoms with Crippen molar-refractivity contribution in [2.45, 2.75) is 20.8 Å². The third-order valence-corrected chi connectivity index (χ3v) is 1.05.